The highest BCUT2D eigenvalue weighted by atomic mass is 16.2. The van der Waals surface area contributed by atoms with Gasteiger partial charge >= 0.3 is 0 Å². The van der Waals surface area contributed by atoms with Gasteiger partial charge in [0, 0.05) is 36.5 Å². The summed E-state index contributed by atoms with van der Waals surface area (Å²) in [5.41, 5.74) is 9.66. The van der Waals surface area contributed by atoms with Crippen LogP contribution in [0.4, 0.5) is 0 Å². The number of nitrogens with two attached hydrogens (primary N) is 1. The van der Waals surface area contributed by atoms with Gasteiger partial charge in [0.25, 0.3) is 0 Å². The molecule has 1 fully saturated rings. The molecule has 222 valence electrons. The molecule has 3 aromatic carbocycles. The largest absolute Gasteiger partial charge is 0.361 e. The van der Waals surface area contributed by atoms with E-state index in [1.165, 1.54) is 0 Å². The Morgan fingerprint density at radius 3 is 1.95 bits per heavy atom. The van der Waals surface area contributed by atoms with Crippen LogP contribution in [0, 0.1) is 0 Å². The number of fused-ring (bicyclic) bond motifs is 1. The zero-order valence-electron chi connectivity index (χ0n) is 23.7. The fourth-order valence-electron chi connectivity index (χ4n) is 5.32. The summed E-state index contributed by atoms with van der Waals surface area (Å²) < 4.78 is 0. The molecule has 1 aromatic heterocycles. The first-order valence-corrected chi connectivity index (χ1v) is 14.4. The van der Waals surface area contributed by atoms with Gasteiger partial charge in [0.1, 0.15) is 12.1 Å². The number of H-pyrrole nitrogens is 1. The third-order valence-corrected chi connectivity index (χ3v) is 7.61. The SMILES string of the molecule is N[C@@H]1CC(=O)NC[C@@H](Cc2ccccc2)NC(=O)[C@H](Cc2ccccc2)NC(=O)[C@H](Cc2c[nH]c3ccccc23)NC1=O. The number of carbonyl (C=O) groups excluding carboxylic acids is 4. The van der Waals surface area contributed by atoms with Gasteiger partial charge in [0.15, 0.2) is 0 Å². The van der Waals surface area contributed by atoms with Crippen LogP contribution >= 0.6 is 0 Å². The summed E-state index contributed by atoms with van der Waals surface area (Å²) in [6.07, 6.45) is 2.36. The molecule has 4 atom stereocenters. The van der Waals surface area contributed by atoms with Gasteiger partial charge in [-0.25, -0.2) is 0 Å². The van der Waals surface area contributed by atoms with Crippen LogP contribution in [0.3, 0.4) is 0 Å². The van der Waals surface area contributed by atoms with Crippen LogP contribution in [0.25, 0.3) is 10.9 Å². The molecule has 1 aliphatic heterocycles. The maximum atomic E-state index is 13.8. The molecule has 2 heterocycles. The molecular weight excluding hydrogens is 544 g/mol. The summed E-state index contributed by atoms with van der Waals surface area (Å²) in [5.74, 6) is -1.97. The monoisotopic (exact) mass is 580 g/mol. The molecule has 0 unspecified atom stereocenters. The summed E-state index contributed by atoms with van der Waals surface area (Å²) in [4.78, 5) is 56.7. The van der Waals surface area contributed by atoms with E-state index in [2.05, 4.69) is 26.3 Å². The number of aromatic amines is 1. The Labute approximate surface area is 249 Å². The van der Waals surface area contributed by atoms with Crippen molar-refractivity contribution in [2.45, 2.75) is 49.9 Å². The first kappa shape index (κ1) is 29.5. The van der Waals surface area contributed by atoms with Crippen molar-refractivity contribution in [1.29, 1.82) is 0 Å². The molecule has 7 N–H and O–H groups in total. The van der Waals surface area contributed by atoms with E-state index in [0.717, 1.165) is 27.6 Å². The van der Waals surface area contributed by atoms with Gasteiger partial charge in [-0.3, -0.25) is 19.2 Å². The van der Waals surface area contributed by atoms with Crippen LogP contribution in [0.15, 0.2) is 91.1 Å². The van der Waals surface area contributed by atoms with Crippen LogP contribution in [-0.2, 0) is 38.4 Å². The molecule has 1 saturated heterocycles. The minimum absolute atomic E-state index is 0.128. The number of amides is 4. The lowest BCUT2D eigenvalue weighted by atomic mass is 10.0. The Kier molecular flexibility index (Phi) is 9.48. The van der Waals surface area contributed by atoms with Gasteiger partial charge in [-0.15, -0.1) is 0 Å². The average Bonchev–Trinajstić information content (AvgIpc) is 3.42. The number of hydrogen-bond acceptors (Lipinski definition) is 5. The summed E-state index contributed by atoms with van der Waals surface area (Å²) in [6.45, 7) is 0.128. The third-order valence-electron chi connectivity index (χ3n) is 7.61. The summed E-state index contributed by atoms with van der Waals surface area (Å²) in [5, 5.41) is 12.4. The van der Waals surface area contributed by atoms with E-state index < -0.39 is 47.8 Å². The normalized spacial score (nSPS) is 22.2. The van der Waals surface area contributed by atoms with Crippen LogP contribution in [0.2, 0.25) is 0 Å². The number of carbonyl (C=O) groups is 4. The van der Waals surface area contributed by atoms with E-state index in [1.54, 1.807) is 6.20 Å². The van der Waals surface area contributed by atoms with Crippen molar-refractivity contribution in [3.05, 3.63) is 108 Å². The first-order chi connectivity index (χ1) is 20.9. The number of aromatic nitrogens is 1. The fraction of sp³-hybridized carbons (Fsp3) is 0.273. The molecular formula is C33H36N6O4. The molecule has 10 nitrogen and oxygen atoms in total. The van der Waals surface area contributed by atoms with Gasteiger partial charge in [0.05, 0.1) is 18.5 Å². The van der Waals surface area contributed by atoms with Crippen LogP contribution in [0.5, 0.6) is 0 Å². The highest BCUT2D eigenvalue weighted by Gasteiger charge is 2.31. The second kappa shape index (κ2) is 13.8. The van der Waals surface area contributed by atoms with Crippen LogP contribution < -0.4 is 27.0 Å². The second-order valence-electron chi connectivity index (χ2n) is 10.9. The number of hydrogen-bond donors (Lipinski definition) is 6. The summed E-state index contributed by atoms with van der Waals surface area (Å²) >= 11 is 0. The lowest BCUT2D eigenvalue weighted by Gasteiger charge is -2.27. The van der Waals surface area contributed by atoms with Crippen LogP contribution in [0.1, 0.15) is 23.1 Å². The molecule has 4 amide bonds. The molecule has 5 rings (SSSR count). The van der Waals surface area contributed by atoms with E-state index in [0.29, 0.717) is 6.42 Å². The van der Waals surface area contributed by atoms with E-state index >= 15 is 0 Å². The number of nitrogens with one attached hydrogen (secondary N) is 5. The van der Waals surface area contributed by atoms with Gasteiger partial charge in [-0.2, -0.15) is 0 Å². The second-order valence-corrected chi connectivity index (χ2v) is 10.9. The minimum Gasteiger partial charge on any atom is -0.361 e. The van der Waals surface area contributed by atoms with Gasteiger partial charge in [0.2, 0.25) is 23.6 Å². The minimum atomic E-state index is -1.16. The number of rotatable bonds is 6. The first-order valence-electron chi connectivity index (χ1n) is 14.4. The Balaban J connectivity index is 1.45. The van der Waals surface area contributed by atoms with Crippen molar-refractivity contribution in [2.75, 3.05) is 6.54 Å². The highest BCUT2D eigenvalue weighted by Crippen LogP contribution is 2.19. The Hall–Kier alpha value is -4.96. The number of benzene rings is 3. The molecule has 0 radical (unpaired) electrons. The molecule has 43 heavy (non-hydrogen) atoms. The fourth-order valence-corrected chi connectivity index (χ4v) is 5.32. The zero-order chi connectivity index (χ0) is 30.2. The van der Waals surface area contributed by atoms with Gasteiger partial charge in [-0.05, 0) is 29.2 Å². The molecule has 0 saturated carbocycles. The van der Waals surface area contributed by atoms with E-state index in [4.69, 9.17) is 5.73 Å². The molecule has 0 aliphatic carbocycles. The third kappa shape index (κ3) is 7.87. The average molecular weight is 581 g/mol. The maximum Gasteiger partial charge on any atom is 0.243 e. The molecule has 1 aliphatic rings. The molecule has 4 aromatic rings. The van der Waals surface area contributed by atoms with Crippen molar-refractivity contribution >= 4 is 34.5 Å². The van der Waals surface area contributed by atoms with Crippen LogP contribution in [-0.4, -0.2) is 59.3 Å². The highest BCUT2D eigenvalue weighted by molar-refractivity contribution is 5.95. The summed E-state index contributed by atoms with van der Waals surface area (Å²) in [6, 6.07) is 23.0. The Bertz CT molecular complexity index is 1570. The predicted molar refractivity (Wildman–Crippen MR) is 164 cm³/mol. The Morgan fingerprint density at radius 2 is 1.23 bits per heavy atom. The van der Waals surface area contributed by atoms with E-state index in [9.17, 15) is 19.2 Å². The van der Waals surface area contributed by atoms with Crippen molar-refractivity contribution < 1.29 is 19.2 Å². The van der Waals surface area contributed by atoms with Gasteiger partial charge < -0.3 is 32.0 Å². The molecule has 10 heteroatoms. The molecule has 0 spiro atoms. The lowest BCUT2D eigenvalue weighted by molar-refractivity contribution is -0.133. The van der Waals surface area contributed by atoms with Crippen molar-refractivity contribution in [1.82, 2.24) is 26.3 Å². The predicted octanol–water partition coefficient (Wildman–Crippen LogP) is 1.50. The number of para-hydroxylation sites is 1. The van der Waals surface area contributed by atoms with Crippen molar-refractivity contribution in [3.63, 3.8) is 0 Å². The summed E-state index contributed by atoms with van der Waals surface area (Å²) in [7, 11) is 0. The van der Waals surface area contributed by atoms with E-state index in [-0.39, 0.29) is 25.8 Å². The topological polar surface area (TPSA) is 158 Å². The maximum absolute atomic E-state index is 13.8. The lowest BCUT2D eigenvalue weighted by Crippen LogP contribution is -2.59. The Morgan fingerprint density at radius 1 is 0.651 bits per heavy atom. The zero-order valence-corrected chi connectivity index (χ0v) is 23.7. The molecule has 0 bridgehead atoms. The van der Waals surface area contributed by atoms with Crippen molar-refractivity contribution in [2.24, 2.45) is 5.73 Å². The quantitative estimate of drug-likeness (QED) is 0.204. The van der Waals surface area contributed by atoms with E-state index in [1.807, 2.05) is 84.9 Å². The smallest absolute Gasteiger partial charge is 0.243 e. The standard InChI is InChI=1S/C33H36N6O4/c34-26-18-30(40)36-20-24(15-21-9-3-1-4-10-21)37-32(42)28(16-22-11-5-2-6-12-22)39-33(43)29(38-31(26)41)17-23-19-35-27-14-8-7-13-25(23)27/h1-14,19,24,26,28-29,35H,15-18,20,34H2,(H,36,40)(H,37,42)(H,38,41)(H,39,43)/t24-,26-,28+,29+/m1/s1. The van der Waals surface area contributed by atoms with Gasteiger partial charge in [-0.1, -0.05) is 78.9 Å². The van der Waals surface area contributed by atoms with Crippen molar-refractivity contribution in [3.8, 4) is 0 Å².